The number of halogens is 1. The summed E-state index contributed by atoms with van der Waals surface area (Å²) in [4.78, 5) is 56.2. The summed E-state index contributed by atoms with van der Waals surface area (Å²) in [5, 5.41) is 14.2. The smallest absolute Gasteiger partial charge is 0.325 e. The molecule has 0 aliphatic carbocycles. The van der Waals surface area contributed by atoms with Gasteiger partial charge in [0.2, 0.25) is 5.91 Å². The van der Waals surface area contributed by atoms with E-state index in [2.05, 4.69) is 15.6 Å². The molecule has 1 heterocycles. The Bertz CT molecular complexity index is 1630. The van der Waals surface area contributed by atoms with Crippen LogP contribution in [0.5, 0.6) is 0 Å². The van der Waals surface area contributed by atoms with E-state index in [0.29, 0.717) is 33.2 Å². The summed E-state index contributed by atoms with van der Waals surface area (Å²) in [6.45, 7) is 1.46. The molecule has 3 amide bonds. The van der Waals surface area contributed by atoms with E-state index in [-0.39, 0.29) is 50.4 Å². The third kappa shape index (κ3) is 8.37. The molecule has 12 heteroatoms. The number of nitrogens with two attached hydrogens (primary N) is 1. The van der Waals surface area contributed by atoms with Crippen LogP contribution in [0.1, 0.15) is 38.8 Å². The summed E-state index contributed by atoms with van der Waals surface area (Å²) < 4.78 is 4.85. The maximum absolute atomic E-state index is 13.5. The highest BCUT2D eigenvalue weighted by molar-refractivity contribution is 6.11. The molecule has 0 spiro atoms. The van der Waals surface area contributed by atoms with Crippen molar-refractivity contribution in [3.63, 3.8) is 0 Å². The molecular formula is C31H31ClN6O5. The normalized spacial score (nSPS) is 10.3. The molecule has 0 radical (unpaired) electrons. The molecule has 222 valence electrons. The van der Waals surface area contributed by atoms with E-state index < -0.39 is 17.8 Å². The highest BCUT2D eigenvalue weighted by Crippen LogP contribution is 2.26. The number of esters is 1. The topological polar surface area (TPSA) is 168 Å². The standard InChI is InChI=1S/C31H30N6O5.ClH/c1-2-42-28(39)18-35-27(38)19-37(31(41)22-12-14-34-15-13-22)24-10-11-25-23(16-24)4-3-5-26(25)30(40)36-17-20-6-8-21(9-7-20)29(32)33;/h3-16H,2,17-19H2,1H3,(H3,32,33)(H,35,38)(H,36,40);1H. The summed E-state index contributed by atoms with van der Waals surface area (Å²) in [5.74, 6) is -1.88. The number of nitrogen functional groups attached to an aromatic ring is 1. The monoisotopic (exact) mass is 602 g/mol. The van der Waals surface area contributed by atoms with Gasteiger partial charge >= 0.3 is 5.97 Å². The fourth-order valence-corrected chi connectivity index (χ4v) is 4.23. The Morgan fingerprint density at radius 3 is 2.33 bits per heavy atom. The van der Waals surface area contributed by atoms with E-state index in [1.54, 1.807) is 73.7 Å². The Morgan fingerprint density at radius 2 is 1.65 bits per heavy atom. The number of benzene rings is 3. The zero-order valence-electron chi connectivity index (χ0n) is 23.3. The van der Waals surface area contributed by atoms with Crippen molar-refractivity contribution in [3.05, 3.63) is 107 Å². The number of hydrogen-bond acceptors (Lipinski definition) is 7. The number of rotatable bonds is 11. The molecule has 11 nitrogen and oxygen atoms in total. The van der Waals surface area contributed by atoms with Crippen molar-refractivity contribution in [2.24, 2.45) is 5.73 Å². The van der Waals surface area contributed by atoms with Gasteiger partial charge in [0.15, 0.2) is 0 Å². The van der Waals surface area contributed by atoms with Crippen LogP contribution in [0.15, 0.2) is 85.2 Å². The Morgan fingerprint density at radius 1 is 0.930 bits per heavy atom. The Labute approximate surface area is 254 Å². The van der Waals surface area contributed by atoms with E-state index in [4.69, 9.17) is 15.9 Å². The lowest BCUT2D eigenvalue weighted by atomic mass is 10.0. The number of nitrogens with one attached hydrogen (secondary N) is 3. The van der Waals surface area contributed by atoms with Crippen LogP contribution in [0.3, 0.4) is 0 Å². The molecule has 0 aliphatic heterocycles. The third-order valence-corrected chi connectivity index (χ3v) is 6.35. The molecule has 43 heavy (non-hydrogen) atoms. The highest BCUT2D eigenvalue weighted by Gasteiger charge is 2.22. The van der Waals surface area contributed by atoms with Crippen LogP contribution in [-0.4, -0.2) is 54.2 Å². The van der Waals surface area contributed by atoms with Crippen molar-refractivity contribution >= 4 is 58.4 Å². The van der Waals surface area contributed by atoms with Crippen LogP contribution in [0.4, 0.5) is 5.69 Å². The molecule has 5 N–H and O–H groups in total. The summed E-state index contributed by atoms with van der Waals surface area (Å²) in [5.41, 5.74) is 8.15. The van der Waals surface area contributed by atoms with Crippen molar-refractivity contribution in [1.29, 1.82) is 5.41 Å². The number of amides is 3. The van der Waals surface area contributed by atoms with Crippen LogP contribution in [-0.2, 0) is 20.9 Å². The van der Waals surface area contributed by atoms with Crippen molar-refractivity contribution in [3.8, 4) is 0 Å². The lowest BCUT2D eigenvalue weighted by Crippen LogP contribution is -2.42. The zero-order chi connectivity index (χ0) is 30.1. The predicted octanol–water partition coefficient (Wildman–Crippen LogP) is 3.20. The van der Waals surface area contributed by atoms with Gasteiger partial charge in [0, 0.05) is 41.3 Å². The number of fused-ring (bicyclic) bond motifs is 1. The molecular weight excluding hydrogens is 572 g/mol. The second-order valence-corrected chi connectivity index (χ2v) is 9.21. The Balaban J connectivity index is 0.00000506. The van der Waals surface area contributed by atoms with E-state index in [9.17, 15) is 19.2 Å². The predicted molar refractivity (Wildman–Crippen MR) is 165 cm³/mol. The minimum atomic E-state index is -0.581. The van der Waals surface area contributed by atoms with Crippen LogP contribution in [0.25, 0.3) is 10.8 Å². The first-order chi connectivity index (χ1) is 20.3. The van der Waals surface area contributed by atoms with Crippen LogP contribution < -0.4 is 21.3 Å². The first-order valence-corrected chi connectivity index (χ1v) is 13.2. The molecule has 4 aromatic rings. The second-order valence-electron chi connectivity index (χ2n) is 9.21. The van der Waals surface area contributed by atoms with Gasteiger partial charge in [-0.1, -0.05) is 42.5 Å². The van der Waals surface area contributed by atoms with E-state index in [1.165, 1.54) is 17.3 Å². The second kappa shape index (κ2) is 15.1. The van der Waals surface area contributed by atoms with E-state index in [1.807, 2.05) is 6.07 Å². The molecule has 0 aliphatic rings. The average molecular weight is 603 g/mol. The third-order valence-electron chi connectivity index (χ3n) is 6.35. The zero-order valence-corrected chi connectivity index (χ0v) is 24.1. The molecule has 0 saturated carbocycles. The van der Waals surface area contributed by atoms with Crippen molar-refractivity contribution in [2.75, 3.05) is 24.6 Å². The van der Waals surface area contributed by atoms with Gasteiger partial charge in [0.05, 0.1) is 6.61 Å². The van der Waals surface area contributed by atoms with Gasteiger partial charge in [-0.15, -0.1) is 12.4 Å². The number of nitrogens with zero attached hydrogens (tertiary/aromatic N) is 2. The lowest BCUT2D eigenvalue weighted by Gasteiger charge is -2.23. The fourth-order valence-electron chi connectivity index (χ4n) is 4.23. The number of anilines is 1. The maximum Gasteiger partial charge on any atom is 0.325 e. The molecule has 4 rings (SSSR count). The lowest BCUT2D eigenvalue weighted by molar-refractivity contribution is -0.143. The largest absolute Gasteiger partial charge is 0.465 e. The van der Waals surface area contributed by atoms with Gasteiger partial charge < -0.3 is 21.1 Å². The van der Waals surface area contributed by atoms with E-state index >= 15 is 0 Å². The summed E-state index contributed by atoms with van der Waals surface area (Å²) in [6.07, 6.45) is 2.96. The van der Waals surface area contributed by atoms with Crippen LogP contribution >= 0.6 is 12.4 Å². The quantitative estimate of drug-likeness (QED) is 0.116. The average Bonchev–Trinajstić information content (AvgIpc) is 3.01. The molecule has 0 saturated heterocycles. The molecule has 0 fully saturated rings. The summed E-state index contributed by atoms with van der Waals surface area (Å²) in [7, 11) is 0. The number of carbonyl (C=O) groups excluding carboxylic acids is 4. The number of amidine groups is 1. The van der Waals surface area contributed by atoms with Gasteiger partial charge in [-0.25, -0.2) is 0 Å². The van der Waals surface area contributed by atoms with Gasteiger partial charge in [-0.05, 0) is 53.6 Å². The number of pyridine rings is 1. The fraction of sp³-hybridized carbons (Fsp3) is 0.161. The number of aromatic nitrogens is 1. The SMILES string of the molecule is CCOC(=O)CNC(=O)CN(C(=O)c1ccncc1)c1ccc2c(C(=O)NCc3ccc(C(=N)N)cc3)cccc2c1.Cl. The van der Waals surface area contributed by atoms with Gasteiger partial charge in [0.25, 0.3) is 11.8 Å². The highest BCUT2D eigenvalue weighted by atomic mass is 35.5. The molecule has 3 aromatic carbocycles. The number of ether oxygens (including phenoxy) is 1. The van der Waals surface area contributed by atoms with Crippen molar-refractivity contribution < 1.29 is 23.9 Å². The van der Waals surface area contributed by atoms with Crippen molar-refractivity contribution in [2.45, 2.75) is 13.5 Å². The first kappa shape index (κ1) is 32.2. The minimum Gasteiger partial charge on any atom is -0.465 e. The Hall–Kier alpha value is -5.29. The molecule has 0 bridgehead atoms. The maximum atomic E-state index is 13.5. The Kier molecular flexibility index (Phi) is 11.3. The minimum absolute atomic E-state index is 0. The van der Waals surface area contributed by atoms with Gasteiger partial charge in [0.1, 0.15) is 18.9 Å². The van der Waals surface area contributed by atoms with Crippen LogP contribution in [0, 0.1) is 5.41 Å². The van der Waals surface area contributed by atoms with Gasteiger partial charge in [-0.3, -0.25) is 34.5 Å². The van der Waals surface area contributed by atoms with Crippen LogP contribution in [0.2, 0.25) is 0 Å². The van der Waals surface area contributed by atoms with E-state index in [0.717, 1.165) is 5.56 Å². The van der Waals surface area contributed by atoms with Crippen molar-refractivity contribution in [1.82, 2.24) is 15.6 Å². The van der Waals surface area contributed by atoms with Gasteiger partial charge in [-0.2, -0.15) is 0 Å². The summed E-state index contributed by atoms with van der Waals surface area (Å²) >= 11 is 0. The molecule has 1 aromatic heterocycles. The molecule has 0 unspecified atom stereocenters. The number of hydrogen-bond donors (Lipinski definition) is 4. The first-order valence-electron chi connectivity index (χ1n) is 13.2. The summed E-state index contributed by atoms with van der Waals surface area (Å²) in [6, 6.07) is 20.5. The number of carbonyl (C=O) groups is 4. The molecule has 0 atom stereocenters.